The molecule has 164 valence electrons. The molecule has 2 fully saturated rings. The summed E-state index contributed by atoms with van der Waals surface area (Å²) in [5, 5.41) is 4.25. The van der Waals surface area contributed by atoms with E-state index in [4.69, 9.17) is 9.26 Å². The first kappa shape index (κ1) is 21.5. The van der Waals surface area contributed by atoms with Gasteiger partial charge >= 0.3 is 0 Å². The summed E-state index contributed by atoms with van der Waals surface area (Å²) < 4.78 is 39.0. The number of nitrogens with one attached hydrogen (secondary N) is 1. The van der Waals surface area contributed by atoms with Gasteiger partial charge in [0.25, 0.3) is 0 Å². The van der Waals surface area contributed by atoms with Crippen molar-refractivity contribution in [3.05, 3.63) is 53.4 Å². The van der Waals surface area contributed by atoms with Crippen LogP contribution in [-0.4, -0.2) is 50.8 Å². The van der Waals surface area contributed by atoms with E-state index in [0.717, 1.165) is 62.7 Å². The Morgan fingerprint density at radius 1 is 1.20 bits per heavy atom. The van der Waals surface area contributed by atoms with E-state index >= 15 is 0 Å². The predicted octanol–water partition coefficient (Wildman–Crippen LogP) is 2.58. The lowest BCUT2D eigenvalue weighted by molar-refractivity contribution is 0.0267. The molecule has 0 amide bonds. The summed E-state index contributed by atoms with van der Waals surface area (Å²) >= 11 is 0. The van der Waals surface area contributed by atoms with Crippen LogP contribution in [0.1, 0.15) is 37.3 Å². The first-order valence-corrected chi connectivity index (χ1v) is 12.3. The molecule has 2 aliphatic rings. The SMILES string of the molecule is CC1(C)C(Cc2cc(CN3CCOCC3)on2)CC1NS(=O)(=O)Cc1ccccc1. The lowest BCUT2D eigenvalue weighted by Crippen LogP contribution is -2.58. The number of rotatable bonds is 8. The second-order valence-corrected chi connectivity index (χ2v) is 10.8. The third kappa shape index (κ3) is 5.11. The molecule has 2 aromatic rings. The maximum absolute atomic E-state index is 12.6. The molecular formula is C22H31N3O4S. The fourth-order valence-electron chi connectivity index (χ4n) is 4.37. The smallest absolute Gasteiger partial charge is 0.216 e. The molecule has 2 heterocycles. The van der Waals surface area contributed by atoms with Crippen LogP contribution in [-0.2, 0) is 33.5 Å². The van der Waals surface area contributed by atoms with Crippen LogP contribution >= 0.6 is 0 Å². The summed E-state index contributed by atoms with van der Waals surface area (Å²) in [5.41, 5.74) is 1.61. The molecule has 1 saturated carbocycles. The second-order valence-electron chi connectivity index (χ2n) is 9.05. The molecule has 1 saturated heterocycles. The quantitative estimate of drug-likeness (QED) is 0.689. The van der Waals surface area contributed by atoms with Gasteiger partial charge in [-0.05, 0) is 29.7 Å². The molecule has 1 aromatic carbocycles. The summed E-state index contributed by atoms with van der Waals surface area (Å²) in [6, 6.07) is 11.3. The zero-order valence-electron chi connectivity index (χ0n) is 17.7. The average molecular weight is 434 g/mol. The van der Waals surface area contributed by atoms with E-state index < -0.39 is 10.0 Å². The Hall–Kier alpha value is -1.74. The molecule has 1 N–H and O–H groups in total. The molecule has 8 heteroatoms. The van der Waals surface area contributed by atoms with Crippen LogP contribution in [0.2, 0.25) is 0 Å². The van der Waals surface area contributed by atoms with Crippen LogP contribution < -0.4 is 4.72 Å². The molecule has 1 aliphatic carbocycles. The fourth-order valence-corrected chi connectivity index (χ4v) is 5.92. The highest BCUT2D eigenvalue weighted by Gasteiger charge is 2.49. The molecule has 1 aromatic heterocycles. The fraction of sp³-hybridized carbons (Fsp3) is 0.591. The van der Waals surface area contributed by atoms with Crippen molar-refractivity contribution >= 4 is 10.0 Å². The largest absolute Gasteiger partial charge is 0.379 e. The number of aromatic nitrogens is 1. The minimum absolute atomic E-state index is 0.0132. The van der Waals surface area contributed by atoms with Crippen molar-refractivity contribution in [1.29, 1.82) is 0 Å². The van der Waals surface area contributed by atoms with Crippen molar-refractivity contribution in [2.45, 2.75) is 45.0 Å². The van der Waals surface area contributed by atoms with Crippen molar-refractivity contribution in [2.75, 3.05) is 26.3 Å². The number of ether oxygens (including phenoxy) is 1. The average Bonchev–Trinajstić information content (AvgIpc) is 3.15. The van der Waals surface area contributed by atoms with E-state index in [1.54, 1.807) is 0 Å². The number of sulfonamides is 1. The van der Waals surface area contributed by atoms with Crippen molar-refractivity contribution in [1.82, 2.24) is 14.8 Å². The summed E-state index contributed by atoms with van der Waals surface area (Å²) in [6.45, 7) is 8.37. The molecule has 2 unspecified atom stereocenters. The first-order chi connectivity index (χ1) is 14.3. The molecule has 0 radical (unpaired) electrons. The highest BCUT2D eigenvalue weighted by Crippen LogP contribution is 2.48. The zero-order chi connectivity index (χ0) is 21.2. The summed E-state index contributed by atoms with van der Waals surface area (Å²) in [5.74, 6) is 1.26. The third-order valence-corrected chi connectivity index (χ3v) is 7.90. The zero-order valence-corrected chi connectivity index (χ0v) is 18.5. The number of nitrogens with zero attached hydrogens (tertiary/aromatic N) is 2. The standard InChI is InChI=1S/C22H31N3O4S/c1-22(2)18(12-19-14-20(29-23-19)15-25-8-10-28-11-9-25)13-21(22)24-30(26,27)16-17-6-4-3-5-7-17/h3-7,14,18,21,24H,8-13,15-16H2,1-2H3. The molecule has 2 atom stereocenters. The van der Waals surface area contributed by atoms with Crippen LogP contribution in [0.4, 0.5) is 0 Å². The van der Waals surface area contributed by atoms with Gasteiger partial charge in [0, 0.05) is 25.2 Å². The normalized spacial score (nSPS) is 24.5. The van der Waals surface area contributed by atoms with Crippen molar-refractivity contribution in [3.63, 3.8) is 0 Å². The first-order valence-electron chi connectivity index (χ1n) is 10.6. The van der Waals surface area contributed by atoms with Gasteiger partial charge in [-0.25, -0.2) is 13.1 Å². The van der Waals surface area contributed by atoms with Gasteiger partial charge in [-0.2, -0.15) is 0 Å². The van der Waals surface area contributed by atoms with Crippen LogP contribution in [0.25, 0.3) is 0 Å². The molecule has 4 rings (SSSR count). The minimum atomic E-state index is -3.37. The number of benzene rings is 1. The van der Waals surface area contributed by atoms with Crippen LogP contribution in [0.3, 0.4) is 0 Å². The van der Waals surface area contributed by atoms with Crippen LogP contribution in [0, 0.1) is 11.3 Å². The van der Waals surface area contributed by atoms with Gasteiger partial charge in [-0.15, -0.1) is 0 Å². The van der Waals surface area contributed by atoms with E-state index in [1.807, 2.05) is 36.4 Å². The van der Waals surface area contributed by atoms with Crippen molar-refractivity contribution < 1.29 is 17.7 Å². The van der Waals surface area contributed by atoms with Crippen LogP contribution in [0.15, 0.2) is 40.9 Å². The van der Waals surface area contributed by atoms with Crippen molar-refractivity contribution in [2.24, 2.45) is 11.3 Å². The van der Waals surface area contributed by atoms with Gasteiger partial charge in [0.1, 0.15) is 0 Å². The number of hydrogen-bond donors (Lipinski definition) is 1. The summed E-state index contributed by atoms with van der Waals surface area (Å²) in [6.07, 6.45) is 1.61. The van der Waals surface area contributed by atoms with Gasteiger partial charge in [-0.3, -0.25) is 4.90 Å². The van der Waals surface area contributed by atoms with E-state index in [9.17, 15) is 8.42 Å². The molecular weight excluding hydrogens is 402 g/mol. The minimum Gasteiger partial charge on any atom is -0.379 e. The molecule has 30 heavy (non-hydrogen) atoms. The predicted molar refractivity (Wildman–Crippen MR) is 114 cm³/mol. The van der Waals surface area contributed by atoms with Gasteiger partial charge in [-0.1, -0.05) is 49.3 Å². The van der Waals surface area contributed by atoms with E-state index in [2.05, 4.69) is 28.6 Å². The highest BCUT2D eigenvalue weighted by molar-refractivity contribution is 7.88. The third-order valence-electron chi connectivity index (χ3n) is 6.54. The van der Waals surface area contributed by atoms with Crippen LogP contribution in [0.5, 0.6) is 0 Å². The van der Waals surface area contributed by atoms with Gasteiger partial charge < -0.3 is 9.26 Å². The Balaban J connectivity index is 1.30. The lowest BCUT2D eigenvalue weighted by atomic mass is 9.57. The Morgan fingerprint density at radius 2 is 1.93 bits per heavy atom. The highest BCUT2D eigenvalue weighted by atomic mass is 32.2. The van der Waals surface area contributed by atoms with Crippen molar-refractivity contribution in [3.8, 4) is 0 Å². The summed E-state index contributed by atoms with van der Waals surface area (Å²) in [4.78, 5) is 2.30. The maximum atomic E-state index is 12.6. The number of morpholine rings is 1. The van der Waals surface area contributed by atoms with E-state index in [-0.39, 0.29) is 17.2 Å². The maximum Gasteiger partial charge on any atom is 0.216 e. The summed E-state index contributed by atoms with van der Waals surface area (Å²) in [7, 11) is -3.37. The molecule has 7 nitrogen and oxygen atoms in total. The monoisotopic (exact) mass is 433 g/mol. The molecule has 1 aliphatic heterocycles. The Morgan fingerprint density at radius 3 is 2.63 bits per heavy atom. The van der Waals surface area contributed by atoms with E-state index in [1.165, 1.54) is 0 Å². The van der Waals surface area contributed by atoms with E-state index in [0.29, 0.717) is 5.92 Å². The second kappa shape index (κ2) is 8.78. The molecule has 0 spiro atoms. The van der Waals surface area contributed by atoms with Gasteiger partial charge in [0.05, 0.1) is 31.2 Å². The van der Waals surface area contributed by atoms with Gasteiger partial charge in [0.15, 0.2) is 5.76 Å². The number of hydrogen-bond acceptors (Lipinski definition) is 6. The topological polar surface area (TPSA) is 84.7 Å². The lowest BCUT2D eigenvalue weighted by Gasteiger charge is -2.52. The Labute approximate surface area is 178 Å². The Bertz CT molecular complexity index is 936. The Kier molecular flexibility index (Phi) is 6.29. The van der Waals surface area contributed by atoms with Gasteiger partial charge in [0.2, 0.25) is 10.0 Å². The molecule has 0 bridgehead atoms.